The summed E-state index contributed by atoms with van der Waals surface area (Å²) < 4.78 is 12.5. The Labute approximate surface area is 232 Å². The zero-order valence-corrected chi connectivity index (χ0v) is 22.9. The highest BCUT2D eigenvalue weighted by Crippen LogP contribution is 2.53. The minimum absolute atomic E-state index is 0.0659. The largest absolute Gasteiger partial charge is 0.493 e. The van der Waals surface area contributed by atoms with E-state index in [2.05, 4.69) is 33.4 Å². The number of carboxylic acids is 1. The molecule has 0 unspecified atom stereocenters. The van der Waals surface area contributed by atoms with Crippen molar-refractivity contribution < 1.29 is 19.4 Å². The third-order valence-electron chi connectivity index (χ3n) is 6.70. The number of hydrogen-bond donors (Lipinski definition) is 2. The molecule has 3 atom stereocenters. The summed E-state index contributed by atoms with van der Waals surface area (Å²) in [7, 11) is 1.59. The lowest BCUT2D eigenvalue weighted by molar-refractivity contribution is 0.0695. The Balaban J connectivity index is 1.50. The molecule has 0 radical (unpaired) electrons. The predicted molar refractivity (Wildman–Crippen MR) is 146 cm³/mol. The Hall–Kier alpha value is -2.38. The molecule has 0 bridgehead atoms. The average Bonchev–Trinajstić information content (AvgIpc) is 3.33. The molecule has 1 aliphatic heterocycles. The van der Waals surface area contributed by atoms with Crippen LogP contribution in [0.25, 0.3) is 0 Å². The van der Waals surface area contributed by atoms with Gasteiger partial charge in [0.2, 0.25) is 0 Å². The summed E-state index contributed by atoms with van der Waals surface area (Å²) in [6.07, 6.45) is 4.99. The minimum atomic E-state index is -0.964. The molecule has 9 heteroatoms. The van der Waals surface area contributed by atoms with Gasteiger partial charge in [-0.2, -0.15) is 0 Å². The van der Waals surface area contributed by atoms with Crippen LogP contribution in [0.15, 0.2) is 59.1 Å². The van der Waals surface area contributed by atoms with Gasteiger partial charge in [-0.1, -0.05) is 53.0 Å². The summed E-state index contributed by atoms with van der Waals surface area (Å²) >= 11 is 22.5. The molecule has 0 saturated carbocycles. The van der Waals surface area contributed by atoms with Crippen LogP contribution in [0.3, 0.4) is 0 Å². The summed E-state index contributed by atoms with van der Waals surface area (Å²) in [5, 5.41) is 14.9. The van der Waals surface area contributed by atoms with E-state index in [1.165, 1.54) is 0 Å². The molecule has 1 aliphatic carbocycles. The van der Waals surface area contributed by atoms with Crippen LogP contribution in [0, 0.1) is 5.92 Å². The fourth-order valence-electron chi connectivity index (χ4n) is 5.04. The van der Waals surface area contributed by atoms with E-state index in [4.69, 9.17) is 44.3 Å². The van der Waals surface area contributed by atoms with Crippen LogP contribution in [0.2, 0.25) is 15.1 Å². The molecule has 3 aromatic carbocycles. The van der Waals surface area contributed by atoms with Gasteiger partial charge in [-0.15, -0.1) is 0 Å². The standard InChI is InChI=1S/C27H21BrCl3NO4/c1-35-22-10-14(9-19(28)26(22)36-12-13-5-6-15(29)11-21(13)31)24-17-4-2-3-16(17)23-18(27(33)34)7-8-20(30)25(23)32-24/h2-3,5-11,16-17,24,32H,4,12H2,1H3,(H,33,34)/t16-,17-,24-/m0/s1. The number of hydrogen-bond acceptors (Lipinski definition) is 4. The van der Waals surface area contributed by atoms with Gasteiger partial charge in [-0.25, -0.2) is 4.79 Å². The van der Waals surface area contributed by atoms with Crippen LogP contribution in [-0.2, 0) is 6.61 Å². The molecule has 1 heterocycles. The quantitative estimate of drug-likeness (QED) is 0.274. The van der Waals surface area contributed by atoms with Crippen molar-refractivity contribution in [2.45, 2.75) is 25.0 Å². The molecule has 2 aliphatic rings. The molecule has 186 valence electrons. The lowest BCUT2D eigenvalue weighted by atomic mass is 9.75. The number of carboxylic acid groups (broad SMARTS) is 1. The van der Waals surface area contributed by atoms with Crippen molar-refractivity contribution in [1.29, 1.82) is 0 Å². The van der Waals surface area contributed by atoms with Crippen LogP contribution >= 0.6 is 50.7 Å². The molecular weight excluding hydrogens is 589 g/mol. The SMILES string of the molecule is COc1cc([C@@H]2Nc3c(Cl)ccc(C(=O)O)c3[C@H]3C=CC[C@@H]32)cc(Br)c1OCc1ccc(Cl)cc1Cl. The van der Waals surface area contributed by atoms with Crippen molar-refractivity contribution >= 4 is 62.4 Å². The van der Waals surface area contributed by atoms with Crippen molar-refractivity contribution in [3.63, 3.8) is 0 Å². The highest BCUT2D eigenvalue weighted by molar-refractivity contribution is 9.10. The van der Waals surface area contributed by atoms with Gasteiger partial charge < -0.3 is 19.9 Å². The second-order valence-electron chi connectivity index (χ2n) is 8.72. The molecular formula is C27H21BrCl3NO4. The van der Waals surface area contributed by atoms with E-state index in [0.29, 0.717) is 32.3 Å². The van der Waals surface area contributed by atoms with Gasteiger partial charge in [0.1, 0.15) is 6.61 Å². The number of carbonyl (C=O) groups is 1. The third-order valence-corrected chi connectivity index (χ3v) is 8.19. The number of methoxy groups -OCH3 is 1. The predicted octanol–water partition coefficient (Wildman–Crippen LogP) is 8.52. The fraction of sp³-hybridized carbons (Fsp3) is 0.222. The number of fused-ring (bicyclic) bond motifs is 3. The normalized spacial score (nSPS) is 19.9. The van der Waals surface area contributed by atoms with Gasteiger partial charge in [-0.05, 0) is 75.8 Å². The van der Waals surface area contributed by atoms with E-state index in [9.17, 15) is 9.90 Å². The van der Waals surface area contributed by atoms with Gasteiger partial charge in [0.05, 0.1) is 33.9 Å². The molecule has 0 saturated heterocycles. The molecule has 5 nitrogen and oxygen atoms in total. The van der Waals surface area contributed by atoms with Crippen molar-refractivity contribution in [2.24, 2.45) is 5.92 Å². The highest BCUT2D eigenvalue weighted by Gasteiger charge is 2.41. The number of ether oxygens (including phenoxy) is 2. The number of benzene rings is 3. The third kappa shape index (κ3) is 4.56. The second-order valence-corrected chi connectivity index (χ2v) is 10.8. The number of aromatic carboxylic acids is 1. The monoisotopic (exact) mass is 607 g/mol. The summed E-state index contributed by atoms with van der Waals surface area (Å²) in [6, 6.07) is 12.3. The lowest BCUT2D eigenvalue weighted by Gasteiger charge is -2.38. The number of halogens is 4. The zero-order chi connectivity index (χ0) is 25.6. The number of nitrogens with one attached hydrogen (secondary N) is 1. The van der Waals surface area contributed by atoms with E-state index in [1.54, 1.807) is 31.4 Å². The molecule has 3 aromatic rings. The topological polar surface area (TPSA) is 67.8 Å². The maximum absolute atomic E-state index is 11.9. The minimum Gasteiger partial charge on any atom is -0.493 e. The summed E-state index contributed by atoms with van der Waals surface area (Å²) in [4.78, 5) is 11.9. The molecule has 36 heavy (non-hydrogen) atoms. The smallest absolute Gasteiger partial charge is 0.336 e. The molecule has 0 fully saturated rings. The summed E-state index contributed by atoms with van der Waals surface area (Å²) in [5.41, 5.74) is 3.42. The first-order valence-electron chi connectivity index (χ1n) is 11.2. The van der Waals surface area contributed by atoms with Gasteiger partial charge in [-0.3, -0.25) is 0 Å². The van der Waals surface area contributed by atoms with Crippen molar-refractivity contribution in [1.82, 2.24) is 0 Å². The number of rotatable bonds is 6. The molecule has 0 amide bonds. The van der Waals surface area contributed by atoms with Gasteiger partial charge >= 0.3 is 5.97 Å². The number of anilines is 1. The Morgan fingerprint density at radius 1 is 1.14 bits per heavy atom. The summed E-state index contributed by atoms with van der Waals surface area (Å²) in [5.74, 6) is 0.198. The first-order valence-corrected chi connectivity index (χ1v) is 13.1. The molecule has 2 N–H and O–H groups in total. The molecule has 5 rings (SSSR count). The van der Waals surface area contributed by atoms with E-state index in [0.717, 1.165) is 27.6 Å². The van der Waals surface area contributed by atoms with Crippen LogP contribution in [0.4, 0.5) is 5.69 Å². The van der Waals surface area contributed by atoms with E-state index >= 15 is 0 Å². The zero-order valence-electron chi connectivity index (χ0n) is 19.0. The fourth-order valence-corrected chi connectivity index (χ4v) is 6.30. The Bertz CT molecular complexity index is 1390. The lowest BCUT2D eigenvalue weighted by Crippen LogP contribution is -2.30. The highest BCUT2D eigenvalue weighted by atomic mass is 79.9. The second kappa shape index (κ2) is 10.2. The van der Waals surface area contributed by atoms with Crippen molar-refractivity contribution in [3.8, 4) is 11.5 Å². The van der Waals surface area contributed by atoms with Crippen LogP contribution < -0.4 is 14.8 Å². The van der Waals surface area contributed by atoms with E-state index in [1.807, 2.05) is 18.2 Å². The van der Waals surface area contributed by atoms with Crippen molar-refractivity contribution in [3.05, 3.63) is 96.4 Å². The molecule has 0 spiro atoms. The first kappa shape index (κ1) is 25.3. The van der Waals surface area contributed by atoms with Gasteiger partial charge in [0.25, 0.3) is 0 Å². The molecule has 0 aromatic heterocycles. The van der Waals surface area contributed by atoms with Gasteiger partial charge in [0.15, 0.2) is 11.5 Å². The number of allylic oxidation sites excluding steroid dienone is 2. The maximum Gasteiger partial charge on any atom is 0.336 e. The van der Waals surface area contributed by atoms with Crippen LogP contribution in [-0.4, -0.2) is 18.2 Å². The Morgan fingerprint density at radius 3 is 2.67 bits per heavy atom. The Morgan fingerprint density at radius 2 is 1.94 bits per heavy atom. The average molecular weight is 610 g/mol. The van der Waals surface area contributed by atoms with Crippen LogP contribution in [0.1, 0.15) is 45.4 Å². The maximum atomic E-state index is 11.9. The Kier molecular flexibility index (Phi) is 7.14. The van der Waals surface area contributed by atoms with E-state index in [-0.39, 0.29) is 30.0 Å². The van der Waals surface area contributed by atoms with E-state index < -0.39 is 5.97 Å². The first-order chi connectivity index (χ1) is 17.3. The van der Waals surface area contributed by atoms with Crippen LogP contribution in [0.5, 0.6) is 11.5 Å². The van der Waals surface area contributed by atoms with Gasteiger partial charge in [0, 0.05) is 21.5 Å². The van der Waals surface area contributed by atoms with Crippen molar-refractivity contribution in [2.75, 3.05) is 12.4 Å². The summed E-state index contributed by atoms with van der Waals surface area (Å²) in [6.45, 7) is 0.238.